The lowest BCUT2D eigenvalue weighted by Gasteiger charge is -2.37. The van der Waals surface area contributed by atoms with Crippen molar-refractivity contribution < 1.29 is 28.7 Å². The van der Waals surface area contributed by atoms with Crippen LogP contribution in [0.1, 0.15) is 81.3 Å². The first-order valence-electron chi connectivity index (χ1n) is 21.7. The van der Waals surface area contributed by atoms with E-state index in [4.69, 9.17) is 19.4 Å². The van der Waals surface area contributed by atoms with E-state index >= 15 is 0 Å². The number of piperidine rings is 1. The number of H-pyrrole nitrogens is 2. The minimum absolute atomic E-state index is 0.0939. The van der Waals surface area contributed by atoms with Crippen LogP contribution in [0.5, 0.6) is 0 Å². The van der Waals surface area contributed by atoms with Crippen molar-refractivity contribution in [1.82, 2.24) is 40.4 Å². The van der Waals surface area contributed by atoms with E-state index in [2.05, 4.69) is 81.3 Å². The molecule has 6 atom stereocenters. The summed E-state index contributed by atoms with van der Waals surface area (Å²) in [5.41, 5.74) is 6.57. The molecule has 1 aliphatic carbocycles. The maximum Gasteiger partial charge on any atom is 0.407 e. The number of carbonyl (C=O) groups excluding carboxylic acids is 4. The van der Waals surface area contributed by atoms with E-state index in [1.807, 2.05) is 61.5 Å². The number of aromatic amines is 2. The number of likely N-dealkylation sites (tertiary alicyclic amines) is 2. The SMILES string of the molecule is COC(=O)NC(C(=O)N1CCC[C@H]1c1ncc(-c2ccc3cc(-c4ccc(-c5cnc(C6C7CCC(C7)N6C(=O)[C@@H](NC(=O)OC)C(C)C)[nH]5)cc4)ccc3c2)[nH]1)c1ccccc1. The molecule has 2 bridgehead atoms. The van der Waals surface area contributed by atoms with Gasteiger partial charge in [0.2, 0.25) is 5.91 Å². The van der Waals surface area contributed by atoms with Crippen molar-refractivity contribution in [2.24, 2.45) is 11.8 Å². The highest BCUT2D eigenvalue weighted by Crippen LogP contribution is 2.50. The van der Waals surface area contributed by atoms with Gasteiger partial charge in [0.1, 0.15) is 23.7 Å². The Kier molecular flexibility index (Phi) is 11.5. The second-order valence-corrected chi connectivity index (χ2v) is 17.2. The monoisotopic (exact) mass is 848 g/mol. The Bertz CT molecular complexity index is 2640. The highest BCUT2D eigenvalue weighted by Gasteiger charge is 2.51. The summed E-state index contributed by atoms with van der Waals surface area (Å²) >= 11 is 0. The van der Waals surface area contributed by atoms with Gasteiger partial charge in [-0.05, 0) is 89.1 Å². The summed E-state index contributed by atoms with van der Waals surface area (Å²) in [6.45, 7) is 4.41. The molecule has 0 radical (unpaired) electrons. The summed E-state index contributed by atoms with van der Waals surface area (Å²) in [6.07, 6.45) is 6.88. The first kappa shape index (κ1) is 41.4. The van der Waals surface area contributed by atoms with Gasteiger partial charge in [-0.25, -0.2) is 19.6 Å². The van der Waals surface area contributed by atoms with E-state index in [0.717, 1.165) is 82.3 Å². The maximum atomic E-state index is 14.0. The molecule has 2 aliphatic heterocycles. The predicted octanol–water partition coefficient (Wildman–Crippen LogP) is 8.48. The smallest absolute Gasteiger partial charge is 0.407 e. The molecule has 4 aromatic carbocycles. The maximum absolute atomic E-state index is 14.0. The number of amides is 4. The molecule has 3 aliphatic rings. The quantitative estimate of drug-likeness (QED) is 0.100. The Labute approximate surface area is 365 Å². The van der Waals surface area contributed by atoms with Crippen molar-refractivity contribution >= 4 is 34.8 Å². The number of ether oxygens (including phenoxy) is 2. The van der Waals surface area contributed by atoms with Gasteiger partial charge in [-0.3, -0.25) is 9.59 Å². The molecule has 324 valence electrons. The number of aromatic nitrogens is 4. The van der Waals surface area contributed by atoms with Crippen LogP contribution in [-0.2, 0) is 19.1 Å². The third-order valence-electron chi connectivity index (χ3n) is 13.1. The molecule has 2 aromatic heterocycles. The number of methoxy groups -OCH3 is 2. The Morgan fingerprint density at radius 3 is 2.03 bits per heavy atom. The summed E-state index contributed by atoms with van der Waals surface area (Å²) in [4.78, 5) is 72.7. The molecule has 9 rings (SSSR count). The predicted molar refractivity (Wildman–Crippen MR) is 238 cm³/mol. The number of nitrogens with one attached hydrogen (secondary N) is 4. The van der Waals surface area contributed by atoms with Crippen molar-refractivity contribution in [2.45, 2.75) is 76.2 Å². The number of alkyl carbamates (subject to hydrolysis) is 2. The van der Waals surface area contributed by atoms with E-state index in [9.17, 15) is 19.2 Å². The highest BCUT2D eigenvalue weighted by molar-refractivity contribution is 5.91. The highest BCUT2D eigenvalue weighted by atomic mass is 16.5. The summed E-state index contributed by atoms with van der Waals surface area (Å²) in [6, 6.07) is 28.5. The summed E-state index contributed by atoms with van der Waals surface area (Å²) in [7, 11) is 2.59. The number of nitrogens with zero attached hydrogens (tertiary/aromatic N) is 4. The van der Waals surface area contributed by atoms with Crippen LogP contribution in [0.25, 0.3) is 44.4 Å². The van der Waals surface area contributed by atoms with Gasteiger partial charge < -0.3 is 39.9 Å². The van der Waals surface area contributed by atoms with Gasteiger partial charge in [-0.2, -0.15) is 0 Å². The Hall–Kier alpha value is -6.96. The van der Waals surface area contributed by atoms with E-state index in [0.29, 0.717) is 23.9 Å². The van der Waals surface area contributed by atoms with E-state index in [1.54, 1.807) is 4.90 Å². The lowest BCUT2D eigenvalue weighted by molar-refractivity contribution is -0.139. The lowest BCUT2D eigenvalue weighted by Crippen LogP contribution is -2.54. The second-order valence-electron chi connectivity index (χ2n) is 17.2. The standard InChI is InChI=1S/C49H52N8O6/c1-28(2)41(54-48(60)62-3)47(59)57-37-21-20-36(25-37)43(57)45-51-26-38(53-45)30-14-12-29(13-15-30)32-16-17-34-24-35(19-18-33(34)23-32)39-27-50-44(52-39)40-11-8-22-56(40)46(58)42(55-49(61)63-4)31-9-6-5-7-10-31/h5-7,9-10,12-19,23-24,26-28,36-37,40-43H,8,11,20-22,25H2,1-4H3,(H,50,52)(H,51,53)(H,54,60)(H,55,61)/t36?,37?,40-,41-,42?,43?/m0/s1. The van der Waals surface area contributed by atoms with Gasteiger partial charge in [0.25, 0.3) is 5.91 Å². The van der Waals surface area contributed by atoms with Crippen LogP contribution in [0.3, 0.4) is 0 Å². The fourth-order valence-electron chi connectivity index (χ4n) is 9.83. The van der Waals surface area contributed by atoms with Gasteiger partial charge in [0, 0.05) is 18.2 Å². The van der Waals surface area contributed by atoms with E-state index in [1.165, 1.54) is 14.2 Å². The minimum Gasteiger partial charge on any atom is -0.453 e. The molecule has 2 saturated heterocycles. The summed E-state index contributed by atoms with van der Waals surface area (Å²) < 4.78 is 9.67. The molecule has 4 heterocycles. The van der Waals surface area contributed by atoms with Gasteiger partial charge in [-0.1, -0.05) is 92.7 Å². The van der Waals surface area contributed by atoms with Crippen molar-refractivity contribution in [1.29, 1.82) is 0 Å². The van der Waals surface area contributed by atoms with Crippen molar-refractivity contribution in [3.63, 3.8) is 0 Å². The van der Waals surface area contributed by atoms with Crippen LogP contribution in [0.2, 0.25) is 0 Å². The van der Waals surface area contributed by atoms with Crippen LogP contribution in [0.15, 0.2) is 103 Å². The Morgan fingerprint density at radius 2 is 1.32 bits per heavy atom. The number of rotatable bonds is 11. The average molecular weight is 849 g/mol. The van der Waals surface area contributed by atoms with Crippen LogP contribution >= 0.6 is 0 Å². The number of imidazole rings is 2. The number of fused-ring (bicyclic) bond motifs is 3. The van der Waals surface area contributed by atoms with Crippen LogP contribution in [0, 0.1) is 11.8 Å². The fraction of sp³-hybridized carbons (Fsp3) is 0.347. The molecule has 3 fully saturated rings. The first-order chi connectivity index (χ1) is 30.6. The zero-order valence-electron chi connectivity index (χ0n) is 35.8. The number of carbonyl (C=O) groups is 4. The average Bonchev–Trinajstić information content (AvgIpc) is 4.18. The van der Waals surface area contributed by atoms with E-state index < -0.39 is 24.3 Å². The molecule has 63 heavy (non-hydrogen) atoms. The van der Waals surface area contributed by atoms with Crippen LogP contribution in [-0.4, -0.2) is 86.6 Å². The van der Waals surface area contributed by atoms with Gasteiger partial charge in [0.15, 0.2) is 0 Å². The normalized spacial score (nSPS) is 20.2. The van der Waals surface area contributed by atoms with Crippen molar-refractivity contribution in [3.8, 4) is 33.6 Å². The first-order valence-corrected chi connectivity index (χ1v) is 21.7. The topological polar surface area (TPSA) is 175 Å². The van der Waals surface area contributed by atoms with Crippen LogP contribution in [0.4, 0.5) is 9.59 Å². The van der Waals surface area contributed by atoms with Gasteiger partial charge in [0.05, 0.1) is 50.1 Å². The molecule has 14 nitrogen and oxygen atoms in total. The minimum atomic E-state index is -0.881. The van der Waals surface area contributed by atoms with Crippen molar-refractivity contribution in [2.75, 3.05) is 20.8 Å². The molecule has 4 amide bonds. The molecule has 4 unspecified atom stereocenters. The van der Waals surface area contributed by atoms with Crippen LogP contribution < -0.4 is 10.6 Å². The second kappa shape index (κ2) is 17.4. The molecule has 4 N–H and O–H groups in total. The van der Waals surface area contributed by atoms with Crippen molar-refractivity contribution in [3.05, 3.63) is 121 Å². The third kappa shape index (κ3) is 8.13. The molecule has 6 aromatic rings. The molecule has 1 saturated carbocycles. The summed E-state index contributed by atoms with van der Waals surface area (Å²) in [5, 5.41) is 7.67. The zero-order chi connectivity index (χ0) is 43.8. The van der Waals surface area contributed by atoms with Gasteiger partial charge in [-0.15, -0.1) is 0 Å². The molecule has 0 spiro atoms. The number of benzene rings is 4. The molecular weight excluding hydrogens is 797 g/mol. The third-order valence-corrected chi connectivity index (χ3v) is 13.1. The van der Waals surface area contributed by atoms with Gasteiger partial charge >= 0.3 is 12.2 Å². The largest absolute Gasteiger partial charge is 0.453 e. The summed E-state index contributed by atoms with van der Waals surface area (Å²) in [5.74, 6) is 1.38. The fourth-order valence-corrected chi connectivity index (χ4v) is 9.83. The number of hydrogen-bond donors (Lipinski definition) is 4. The van der Waals surface area contributed by atoms with E-state index in [-0.39, 0.29) is 35.9 Å². The lowest BCUT2D eigenvalue weighted by atomic mass is 9.95. The Morgan fingerprint density at radius 1 is 0.698 bits per heavy atom. The Balaban J connectivity index is 0.885. The molecular formula is C49H52N8O6. The zero-order valence-corrected chi connectivity index (χ0v) is 35.8. The molecule has 14 heteroatoms. The number of hydrogen-bond acceptors (Lipinski definition) is 8.